The van der Waals surface area contributed by atoms with Crippen molar-refractivity contribution in [3.63, 3.8) is 0 Å². The second-order valence-corrected chi connectivity index (χ2v) is 8.99. The zero-order valence-corrected chi connectivity index (χ0v) is 18.8. The molecule has 3 aromatic rings. The van der Waals surface area contributed by atoms with Crippen molar-refractivity contribution < 1.29 is 28.0 Å². The van der Waals surface area contributed by atoms with Crippen molar-refractivity contribution in [2.24, 2.45) is 11.5 Å². The van der Waals surface area contributed by atoms with Crippen LogP contribution in [0, 0.1) is 12.7 Å². The molecule has 0 bridgehead atoms. The molecule has 0 spiro atoms. The van der Waals surface area contributed by atoms with Crippen molar-refractivity contribution in [3.05, 3.63) is 58.2 Å². The Balaban J connectivity index is 1.58. The topological polar surface area (TPSA) is 144 Å². The van der Waals surface area contributed by atoms with E-state index in [-0.39, 0.29) is 41.9 Å². The van der Waals surface area contributed by atoms with Gasteiger partial charge in [0.15, 0.2) is 5.54 Å². The minimum atomic E-state index is -1.65. The van der Waals surface area contributed by atoms with Crippen LogP contribution in [0.3, 0.4) is 0 Å². The van der Waals surface area contributed by atoms with Crippen molar-refractivity contribution in [1.29, 1.82) is 0 Å². The molecule has 1 unspecified atom stereocenters. The Kier molecular flexibility index (Phi) is 5.19. The highest BCUT2D eigenvalue weighted by atomic mass is 35.5. The van der Waals surface area contributed by atoms with Gasteiger partial charge in [0.25, 0.3) is 5.91 Å². The van der Waals surface area contributed by atoms with Gasteiger partial charge in [-0.3, -0.25) is 4.79 Å². The molecular weight excluding hydrogens is 467 g/mol. The fraction of sp³-hybridized carbons (Fsp3) is 0.304. The first-order chi connectivity index (χ1) is 16.1. The van der Waals surface area contributed by atoms with Crippen LogP contribution in [0.5, 0.6) is 0 Å². The van der Waals surface area contributed by atoms with Crippen LogP contribution in [0.25, 0.3) is 22.5 Å². The number of rotatable bonds is 5. The molecule has 0 saturated carbocycles. The number of carbonyl (C=O) groups excluding carboxylic acids is 2. The van der Waals surface area contributed by atoms with Crippen LogP contribution >= 0.6 is 11.6 Å². The predicted octanol–water partition coefficient (Wildman–Crippen LogP) is 2.40. The molecule has 4 N–H and O–H groups in total. The molecule has 2 aromatic carbocycles. The van der Waals surface area contributed by atoms with Gasteiger partial charge in [0.1, 0.15) is 5.82 Å². The van der Waals surface area contributed by atoms with E-state index in [0.29, 0.717) is 23.1 Å². The number of aryl methyl sites for hydroxylation is 2. The van der Waals surface area contributed by atoms with E-state index in [0.717, 1.165) is 5.56 Å². The normalized spacial score (nSPS) is 20.5. The van der Waals surface area contributed by atoms with Gasteiger partial charge in [0.05, 0.1) is 18.8 Å². The summed E-state index contributed by atoms with van der Waals surface area (Å²) in [6.45, 7) is 1.61. The monoisotopic (exact) mass is 486 g/mol. The summed E-state index contributed by atoms with van der Waals surface area (Å²) in [5.41, 5.74) is 11.1. The summed E-state index contributed by atoms with van der Waals surface area (Å²) in [4.78, 5) is 29.3. The van der Waals surface area contributed by atoms with E-state index in [9.17, 15) is 14.0 Å². The molecule has 1 atom stereocenters. The maximum Gasteiger partial charge on any atom is 0.332 e. The third-order valence-electron chi connectivity index (χ3n) is 6.19. The lowest BCUT2D eigenvalue weighted by Gasteiger charge is -2.38. The molecule has 176 valence electrons. The quantitative estimate of drug-likeness (QED) is 0.523. The lowest BCUT2D eigenvalue weighted by molar-refractivity contribution is -0.187. The van der Waals surface area contributed by atoms with Gasteiger partial charge in [-0.15, -0.1) is 0 Å². The lowest BCUT2D eigenvalue weighted by atomic mass is 9.90. The van der Waals surface area contributed by atoms with Crippen LogP contribution in [0.2, 0.25) is 5.02 Å². The molecule has 5 rings (SSSR count). The van der Waals surface area contributed by atoms with Gasteiger partial charge >= 0.3 is 5.97 Å². The second kappa shape index (κ2) is 7.86. The summed E-state index contributed by atoms with van der Waals surface area (Å²) in [5.74, 6) is -1.79. The number of primary amides is 1. The van der Waals surface area contributed by atoms with Crippen LogP contribution in [-0.2, 0) is 31.1 Å². The standard InChI is InChI=1S/C23H20ClFN4O5/c1-11-28-19(29-34-11)18-15(7-14(24)8-17(18)25)12-2-3-16-13(6-12)4-5-23(16,20(26)30)33-21(31)22(27)9-32-10-22/h2-3,6-8H,4-5,9-10,27H2,1H3,(H2,26,30). The van der Waals surface area contributed by atoms with Gasteiger partial charge in [0, 0.05) is 23.9 Å². The molecule has 2 aliphatic rings. The van der Waals surface area contributed by atoms with E-state index in [4.69, 9.17) is 37.1 Å². The minimum Gasteiger partial charge on any atom is -0.442 e. The number of hydrogen-bond donors (Lipinski definition) is 2. The van der Waals surface area contributed by atoms with E-state index >= 15 is 0 Å². The Morgan fingerprint density at radius 2 is 2.00 bits per heavy atom. The van der Waals surface area contributed by atoms with Crippen LogP contribution in [-0.4, -0.2) is 40.8 Å². The lowest BCUT2D eigenvalue weighted by Crippen LogP contribution is -2.65. The second-order valence-electron chi connectivity index (χ2n) is 8.55. The van der Waals surface area contributed by atoms with Crippen LogP contribution in [0.15, 0.2) is 34.9 Å². The number of esters is 1. The molecule has 9 nitrogen and oxygen atoms in total. The average molecular weight is 487 g/mol. The predicted molar refractivity (Wildman–Crippen MR) is 118 cm³/mol. The molecule has 1 fully saturated rings. The number of ether oxygens (including phenoxy) is 2. The first-order valence-corrected chi connectivity index (χ1v) is 10.8. The van der Waals surface area contributed by atoms with E-state index < -0.39 is 28.8 Å². The first kappa shape index (κ1) is 22.5. The Bertz CT molecular complexity index is 1340. The minimum absolute atomic E-state index is 0.00509. The first-order valence-electron chi connectivity index (χ1n) is 10.5. The average Bonchev–Trinajstić information content (AvgIpc) is 3.35. The SMILES string of the molecule is Cc1nc(-c2c(F)cc(Cl)cc2-c2ccc3c(c2)CCC3(OC(=O)C2(N)COC2)C(N)=O)no1. The fourth-order valence-electron chi connectivity index (χ4n) is 4.35. The molecule has 1 saturated heterocycles. The van der Waals surface area contributed by atoms with Crippen molar-refractivity contribution in [2.75, 3.05) is 13.2 Å². The molecule has 34 heavy (non-hydrogen) atoms. The van der Waals surface area contributed by atoms with Gasteiger partial charge in [-0.2, -0.15) is 4.98 Å². The van der Waals surface area contributed by atoms with Crippen LogP contribution < -0.4 is 11.5 Å². The number of aromatic nitrogens is 2. The summed E-state index contributed by atoms with van der Waals surface area (Å²) in [6.07, 6.45) is 0.553. The van der Waals surface area contributed by atoms with Gasteiger partial charge in [-0.05, 0) is 35.2 Å². The Morgan fingerprint density at radius 3 is 2.62 bits per heavy atom. The number of nitrogens with two attached hydrogens (primary N) is 2. The summed E-state index contributed by atoms with van der Waals surface area (Å²) in [7, 11) is 0. The highest BCUT2D eigenvalue weighted by molar-refractivity contribution is 6.31. The highest BCUT2D eigenvalue weighted by Gasteiger charge is 2.53. The summed E-state index contributed by atoms with van der Waals surface area (Å²) in [6, 6.07) is 7.85. The number of hydrogen-bond acceptors (Lipinski definition) is 8. The molecule has 2 heterocycles. The van der Waals surface area contributed by atoms with E-state index in [2.05, 4.69) is 10.1 Å². The molecule has 1 aliphatic carbocycles. The van der Waals surface area contributed by atoms with Gasteiger partial charge < -0.3 is 25.5 Å². The molecule has 11 heteroatoms. The molecule has 1 aliphatic heterocycles. The molecular formula is C23H20ClFN4O5. The fourth-order valence-corrected chi connectivity index (χ4v) is 4.55. The van der Waals surface area contributed by atoms with Crippen molar-refractivity contribution in [3.8, 4) is 22.5 Å². The number of halogens is 2. The summed E-state index contributed by atoms with van der Waals surface area (Å²) in [5, 5.41) is 4.03. The highest BCUT2D eigenvalue weighted by Crippen LogP contribution is 2.44. The number of benzene rings is 2. The number of nitrogens with zero attached hydrogens (tertiary/aromatic N) is 2. The summed E-state index contributed by atoms with van der Waals surface area (Å²) < 4.78 is 30.6. The van der Waals surface area contributed by atoms with E-state index in [1.54, 1.807) is 31.2 Å². The smallest absolute Gasteiger partial charge is 0.332 e. The van der Waals surface area contributed by atoms with Crippen LogP contribution in [0.4, 0.5) is 4.39 Å². The number of carbonyl (C=O) groups is 2. The van der Waals surface area contributed by atoms with Gasteiger partial charge in [-0.1, -0.05) is 35.0 Å². The maximum absolute atomic E-state index is 14.9. The van der Waals surface area contributed by atoms with Crippen molar-refractivity contribution in [2.45, 2.75) is 30.9 Å². The van der Waals surface area contributed by atoms with E-state index in [1.165, 1.54) is 6.07 Å². The Labute approximate surface area is 198 Å². The zero-order valence-electron chi connectivity index (χ0n) is 18.1. The third kappa shape index (κ3) is 3.46. The zero-order chi connectivity index (χ0) is 24.3. The van der Waals surface area contributed by atoms with Crippen LogP contribution in [0.1, 0.15) is 23.4 Å². The van der Waals surface area contributed by atoms with Gasteiger partial charge in [0.2, 0.25) is 17.3 Å². The third-order valence-corrected chi connectivity index (χ3v) is 6.41. The largest absolute Gasteiger partial charge is 0.442 e. The van der Waals surface area contributed by atoms with E-state index in [1.807, 2.05) is 0 Å². The molecule has 0 radical (unpaired) electrons. The number of fused-ring (bicyclic) bond motifs is 1. The number of amides is 1. The maximum atomic E-state index is 14.9. The molecule has 1 aromatic heterocycles. The summed E-state index contributed by atoms with van der Waals surface area (Å²) >= 11 is 6.14. The Hall–Kier alpha value is -3.34. The van der Waals surface area contributed by atoms with Crippen molar-refractivity contribution >= 4 is 23.5 Å². The van der Waals surface area contributed by atoms with Crippen molar-refractivity contribution in [1.82, 2.24) is 10.1 Å². The Morgan fingerprint density at radius 1 is 1.24 bits per heavy atom. The molecule has 1 amide bonds. The van der Waals surface area contributed by atoms with Gasteiger partial charge in [-0.25, -0.2) is 9.18 Å².